The minimum absolute atomic E-state index is 0.0794. The Kier molecular flexibility index (Phi) is 9.31. The minimum atomic E-state index is -3.60. The highest BCUT2D eigenvalue weighted by Gasteiger charge is 2.33. The van der Waals surface area contributed by atoms with E-state index in [0.29, 0.717) is 54.7 Å². The molecule has 0 saturated carbocycles. The van der Waals surface area contributed by atoms with Crippen molar-refractivity contribution < 1.29 is 22.7 Å². The molecular weight excluding hydrogens is 580 g/mol. The highest BCUT2D eigenvalue weighted by Crippen LogP contribution is 2.34. The molecule has 1 aliphatic carbocycles. The topological polar surface area (TPSA) is 84.9 Å². The van der Waals surface area contributed by atoms with E-state index in [2.05, 4.69) is 4.72 Å². The Balaban J connectivity index is 1.48. The first-order valence-corrected chi connectivity index (χ1v) is 16.3. The van der Waals surface area contributed by atoms with E-state index in [-0.39, 0.29) is 23.4 Å². The molecule has 10 heteroatoms. The van der Waals surface area contributed by atoms with E-state index < -0.39 is 10.0 Å². The number of benzene rings is 3. The summed E-state index contributed by atoms with van der Waals surface area (Å²) in [6.45, 7) is 3.40. The van der Waals surface area contributed by atoms with E-state index >= 15 is 0 Å². The van der Waals surface area contributed by atoms with Gasteiger partial charge in [0, 0.05) is 35.0 Å². The molecule has 0 radical (unpaired) electrons. The van der Waals surface area contributed by atoms with Crippen molar-refractivity contribution in [3.8, 4) is 5.75 Å². The molecule has 0 aliphatic heterocycles. The number of hydrogen-bond acceptors (Lipinski definition) is 6. The highest BCUT2D eigenvalue weighted by atomic mass is 35.5. The van der Waals surface area contributed by atoms with E-state index in [4.69, 9.17) is 21.1 Å². The lowest BCUT2D eigenvalue weighted by atomic mass is 10.1. The predicted octanol–water partition coefficient (Wildman–Crippen LogP) is 6.08. The second-order valence-corrected chi connectivity index (χ2v) is 13.4. The van der Waals surface area contributed by atoms with E-state index in [9.17, 15) is 13.2 Å². The van der Waals surface area contributed by atoms with Crippen LogP contribution in [0, 0.1) is 0 Å². The van der Waals surface area contributed by atoms with Gasteiger partial charge >= 0.3 is 0 Å². The van der Waals surface area contributed by atoms with Crippen molar-refractivity contribution in [3.63, 3.8) is 0 Å². The normalized spacial score (nSPS) is 14.8. The van der Waals surface area contributed by atoms with Crippen LogP contribution in [0.25, 0.3) is 10.1 Å². The van der Waals surface area contributed by atoms with Gasteiger partial charge in [0.15, 0.2) is 0 Å². The van der Waals surface area contributed by atoms with Gasteiger partial charge in [0.05, 0.1) is 22.9 Å². The molecule has 1 atom stereocenters. The molecule has 4 aromatic rings. The lowest BCUT2D eigenvalue weighted by Crippen LogP contribution is -2.40. The van der Waals surface area contributed by atoms with Gasteiger partial charge in [0.2, 0.25) is 10.0 Å². The van der Waals surface area contributed by atoms with Crippen molar-refractivity contribution in [3.05, 3.63) is 93.3 Å². The lowest BCUT2D eigenvalue weighted by molar-refractivity contribution is 0.0670. The third kappa shape index (κ3) is 6.76. The van der Waals surface area contributed by atoms with Crippen LogP contribution in [0.3, 0.4) is 0 Å². The fourth-order valence-electron chi connectivity index (χ4n) is 5.11. The summed E-state index contributed by atoms with van der Waals surface area (Å²) in [5.41, 5.74) is 2.78. The maximum atomic E-state index is 14.2. The van der Waals surface area contributed by atoms with Gasteiger partial charge in [-0.1, -0.05) is 42.8 Å². The number of sulfonamides is 1. The number of amides is 1. The quantitative estimate of drug-likeness (QED) is 0.196. The molecular formula is C31H33ClN2O5S2. The van der Waals surface area contributed by atoms with Crippen LogP contribution in [0.1, 0.15) is 39.7 Å². The number of fused-ring (bicyclic) bond motifs is 2. The van der Waals surface area contributed by atoms with Crippen LogP contribution in [0.15, 0.2) is 71.6 Å². The average molecular weight is 613 g/mol. The van der Waals surface area contributed by atoms with Crippen LogP contribution >= 0.6 is 22.9 Å². The van der Waals surface area contributed by atoms with Gasteiger partial charge in [-0.05, 0) is 78.2 Å². The fourth-order valence-corrected chi connectivity index (χ4v) is 7.50. The van der Waals surface area contributed by atoms with Crippen LogP contribution < -0.4 is 9.46 Å². The van der Waals surface area contributed by atoms with Crippen molar-refractivity contribution in [2.75, 3.05) is 26.9 Å². The monoisotopic (exact) mass is 612 g/mol. The zero-order valence-corrected chi connectivity index (χ0v) is 25.4. The van der Waals surface area contributed by atoms with Gasteiger partial charge in [-0.25, -0.2) is 13.1 Å². The van der Waals surface area contributed by atoms with E-state index in [1.165, 1.54) is 11.3 Å². The van der Waals surface area contributed by atoms with Crippen molar-refractivity contribution >= 4 is 49.0 Å². The van der Waals surface area contributed by atoms with Gasteiger partial charge in [-0.3, -0.25) is 4.79 Å². The summed E-state index contributed by atoms with van der Waals surface area (Å²) in [4.78, 5) is 17.0. The van der Waals surface area contributed by atoms with E-state index in [1.54, 1.807) is 25.3 Å². The number of thiophene rings is 1. The first-order chi connectivity index (χ1) is 19.8. The third-order valence-electron chi connectivity index (χ3n) is 7.19. The molecule has 1 unspecified atom stereocenters. The number of nitrogens with zero attached hydrogens (tertiary/aromatic N) is 1. The Morgan fingerprint density at radius 1 is 1.05 bits per heavy atom. The predicted molar refractivity (Wildman–Crippen MR) is 164 cm³/mol. The van der Waals surface area contributed by atoms with Crippen LogP contribution in [0.4, 0.5) is 0 Å². The zero-order valence-electron chi connectivity index (χ0n) is 23.1. The Morgan fingerprint density at radius 3 is 2.63 bits per heavy atom. The largest absolute Gasteiger partial charge is 0.491 e. The third-order valence-corrected chi connectivity index (χ3v) is 9.99. The molecule has 5 rings (SSSR count). The van der Waals surface area contributed by atoms with Gasteiger partial charge in [0.1, 0.15) is 12.4 Å². The van der Waals surface area contributed by atoms with Gasteiger partial charge < -0.3 is 14.4 Å². The Labute approximate surface area is 250 Å². The molecule has 3 aromatic carbocycles. The number of hydrogen-bond donors (Lipinski definition) is 1. The van der Waals surface area contributed by atoms with Crippen LogP contribution in [0.2, 0.25) is 5.02 Å². The van der Waals surface area contributed by atoms with Crippen LogP contribution in [-0.2, 0) is 34.1 Å². The number of methoxy groups -OCH3 is 1. The van der Waals surface area contributed by atoms with Gasteiger partial charge in [-0.2, -0.15) is 0 Å². The molecule has 7 nitrogen and oxygen atoms in total. The number of nitrogens with one attached hydrogen (secondary N) is 1. The maximum Gasteiger partial charge on any atom is 0.264 e. The van der Waals surface area contributed by atoms with Crippen LogP contribution in [-0.4, -0.2) is 52.1 Å². The molecule has 0 bridgehead atoms. The number of carbonyl (C=O) groups excluding carboxylic acids is 1. The molecule has 0 fully saturated rings. The van der Waals surface area contributed by atoms with Gasteiger partial charge in [0.25, 0.3) is 5.91 Å². The molecule has 1 heterocycles. The Morgan fingerprint density at radius 2 is 1.85 bits per heavy atom. The smallest absolute Gasteiger partial charge is 0.264 e. The molecule has 1 N–H and O–H groups in total. The first-order valence-electron chi connectivity index (χ1n) is 13.6. The summed E-state index contributed by atoms with van der Waals surface area (Å²) in [5, 5.41) is 1.58. The first kappa shape index (κ1) is 29.5. The molecule has 216 valence electrons. The van der Waals surface area contributed by atoms with E-state index in [1.807, 2.05) is 60.4 Å². The standard InChI is InChI=1S/C31H33ClN2O5S2/c1-3-12-33-41(36,37)27-10-8-21-16-26(17-23(21)18-27)34(31(35)30-19-22-6-4-5-7-29(22)40-30)20-24-15-25(32)9-11-28(24)39-14-13-38-2/h4-11,15,18-19,26,33H,3,12-14,16-17,20H2,1-2H3. The second kappa shape index (κ2) is 12.9. The number of ether oxygens (including phenoxy) is 2. The summed E-state index contributed by atoms with van der Waals surface area (Å²) in [5.74, 6) is 0.566. The van der Waals surface area contributed by atoms with Crippen LogP contribution in [0.5, 0.6) is 5.75 Å². The SMILES string of the molecule is CCCNS(=O)(=O)c1ccc2c(c1)CC(N(Cc1cc(Cl)ccc1OCCOC)C(=O)c1cc3ccccc3s1)C2. The molecule has 41 heavy (non-hydrogen) atoms. The number of carbonyl (C=O) groups is 1. The molecule has 0 saturated heterocycles. The maximum absolute atomic E-state index is 14.2. The lowest BCUT2D eigenvalue weighted by Gasteiger charge is -2.29. The summed E-state index contributed by atoms with van der Waals surface area (Å²) in [6, 6.07) is 20.4. The minimum Gasteiger partial charge on any atom is -0.491 e. The van der Waals surface area contributed by atoms with Crippen molar-refractivity contribution in [2.45, 2.75) is 43.7 Å². The van der Waals surface area contributed by atoms with E-state index in [0.717, 1.165) is 26.8 Å². The highest BCUT2D eigenvalue weighted by molar-refractivity contribution is 7.89. The van der Waals surface area contributed by atoms with Crippen molar-refractivity contribution in [1.82, 2.24) is 9.62 Å². The molecule has 1 amide bonds. The summed E-state index contributed by atoms with van der Waals surface area (Å²) in [6.07, 6.45) is 1.88. The summed E-state index contributed by atoms with van der Waals surface area (Å²) >= 11 is 7.87. The van der Waals surface area contributed by atoms with Gasteiger partial charge in [-0.15, -0.1) is 11.3 Å². The Bertz CT molecular complexity index is 1620. The zero-order chi connectivity index (χ0) is 29.0. The molecule has 1 aromatic heterocycles. The van der Waals surface area contributed by atoms with Crippen molar-refractivity contribution in [1.29, 1.82) is 0 Å². The molecule has 0 spiro atoms. The Hall–Kier alpha value is -2.95. The number of rotatable bonds is 12. The fraction of sp³-hybridized carbons (Fsp3) is 0.323. The summed E-state index contributed by atoms with van der Waals surface area (Å²) in [7, 11) is -1.98. The molecule has 1 aliphatic rings. The second-order valence-electron chi connectivity index (χ2n) is 10.1. The summed E-state index contributed by atoms with van der Waals surface area (Å²) < 4.78 is 40.4. The average Bonchev–Trinajstić information content (AvgIpc) is 3.59. The van der Waals surface area contributed by atoms with Crippen molar-refractivity contribution in [2.24, 2.45) is 0 Å². The number of halogens is 1.